The average molecular weight is 703 g/mol. The topological polar surface area (TPSA) is 36.9 Å². The lowest BCUT2D eigenvalue weighted by molar-refractivity contribution is 0.318. The zero-order valence-electron chi connectivity index (χ0n) is 25.9. The van der Waals surface area contributed by atoms with Crippen molar-refractivity contribution in [2.75, 3.05) is 49.9 Å². The molecule has 0 unspecified atom stereocenters. The molecule has 0 spiro atoms. The molecule has 4 nitrogen and oxygen atoms in total. The summed E-state index contributed by atoms with van der Waals surface area (Å²) in [5.74, 6) is 5.45. The van der Waals surface area contributed by atoms with Crippen molar-refractivity contribution in [1.82, 2.24) is 0 Å². The van der Waals surface area contributed by atoms with Crippen LogP contribution in [0.2, 0.25) is 0 Å². The van der Waals surface area contributed by atoms with Gasteiger partial charge in [-0.1, -0.05) is 48.5 Å². The molecule has 4 aromatic rings. The van der Waals surface area contributed by atoms with Gasteiger partial charge in [0.2, 0.25) is 0 Å². The molecule has 0 heterocycles. The first-order valence-corrected chi connectivity index (χ1v) is 17.7. The van der Waals surface area contributed by atoms with Crippen LogP contribution in [0.25, 0.3) is 11.1 Å². The molecular weight excluding hydrogens is 662 g/mol. The van der Waals surface area contributed by atoms with E-state index in [9.17, 15) is 0 Å². The van der Waals surface area contributed by atoms with Gasteiger partial charge in [-0.15, -0.1) is 46.4 Å². The number of rotatable bonds is 20. The van der Waals surface area contributed by atoms with Crippen LogP contribution < -0.4 is 18.9 Å². The van der Waals surface area contributed by atoms with E-state index >= 15 is 0 Å². The third kappa shape index (κ3) is 11.1. The first kappa shape index (κ1) is 35.8. The van der Waals surface area contributed by atoms with Crippen molar-refractivity contribution in [2.24, 2.45) is 0 Å². The van der Waals surface area contributed by atoms with Crippen LogP contribution >= 0.6 is 46.4 Å². The van der Waals surface area contributed by atoms with Gasteiger partial charge in [-0.25, -0.2) is 0 Å². The lowest BCUT2D eigenvalue weighted by atomic mass is 9.85. The Morgan fingerprint density at radius 3 is 0.696 bits per heavy atom. The van der Waals surface area contributed by atoms with Crippen molar-refractivity contribution in [1.29, 1.82) is 0 Å². The summed E-state index contributed by atoms with van der Waals surface area (Å²) in [6.07, 6.45) is 3.15. The van der Waals surface area contributed by atoms with Gasteiger partial charge in [0, 0.05) is 23.5 Å². The lowest BCUT2D eigenvalue weighted by Crippen LogP contribution is -2.01. The molecule has 0 atom stereocenters. The van der Waals surface area contributed by atoms with E-state index in [1.54, 1.807) is 0 Å². The van der Waals surface area contributed by atoms with Gasteiger partial charge in [0.1, 0.15) is 23.0 Å². The van der Waals surface area contributed by atoms with E-state index in [1.165, 1.54) is 0 Å². The van der Waals surface area contributed by atoms with Crippen LogP contribution in [0.5, 0.6) is 23.0 Å². The Labute approximate surface area is 293 Å². The normalized spacial score (nSPS) is 10.8. The zero-order chi connectivity index (χ0) is 32.4. The quantitative estimate of drug-likeness (QED) is 0.0522. The maximum atomic E-state index is 5.92. The molecule has 0 bridgehead atoms. The van der Waals surface area contributed by atoms with Gasteiger partial charge in [-0.05, 0) is 108 Å². The number of hydrogen-bond acceptors (Lipinski definition) is 4. The second-order valence-electron chi connectivity index (χ2n) is 10.4. The minimum atomic E-state index is 0.562. The van der Waals surface area contributed by atoms with Gasteiger partial charge in [0.25, 0.3) is 0 Å². The molecule has 0 saturated carbocycles. The van der Waals surface area contributed by atoms with E-state index in [2.05, 4.69) is 48.5 Å². The van der Waals surface area contributed by atoms with Crippen LogP contribution in [0.1, 0.15) is 47.9 Å². The Bertz CT molecular complexity index is 1230. The summed E-state index contributed by atoms with van der Waals surface area (Å²) in [7, 11) is 0. The van der Waals surface area contributed by atoms with Crippen molar-refractivity contribution in [3.8, 4) is 23.0 Å². The Morgan fingerprint density at radius 2 is 0.522 bits per heavy atom. The summed E-state index contributed by atoms with van der Waals surface area (Å²) in [6, 6.07) is 32.9. The Kier molecular flexibility index (Phi) is 15.8. The second-order valence-corrected chi connectivity index (χ2v) is 11.9. The fourth-order valence-corrected chi connectivity index (χ4v) is 5.20. The molecule has 4 rings (SSSR count). The summed E-state index contributed by atoms with van der Waals surface area (Å²) in [4.78, 5) is 0. The highest BCUT2D eigenvalue weighted by atomic mass is 35.5. The Balaban J connectivity index is 1.83. The number of ether oxygens (including phenoxy) is 4. The number of alkyl halides is 4. The van der Waals surface area contributed by atoms with Crippen LogP contribution in [-0.4, -0.2) is 49.9 Å². The van der Waals surface area contributed by atoms with Crippen LogP contribution in [0.3, 0.4) is 0 Å². The highest BCUT2D eigenvalue weighted by Crippen LogP contribution is 2.39. The van der Waals surface area contributed by atoms with Crippen LogP contribution in [-0.2, 0) is 0 Å². The maximum absolute atomic E-state index is 5.92. The largest absolute Gasteiger partial charge is 0.494 e. The predicted molar refractivity (Wildman–Crippen MR) is 194 cm³/mol. The molecule has 0 saturated heterocycles. The summed E-state index contributed by atoms with van der Waals surface area (Å²) < 4.78 is 23.7. The highest BCUT2D eigenvalue weighted by Gasteiger charge is 2.17. The van der Waals surface area contributed by atoms with Crippen molar-refractivity contribution < 1.29 is 18.9 Å². The molecule has 4 aromatic carbocycles. The maximum Gasteiger partial charge on any atom is 0.119 e. The standard InChI is InChI=1S/C38H40Cl4O4/c39-21-1-25-43-33-13-5-29(6-14-33)37(30-7-15-34(16-8-30)44-26-2-22-40)38(31-9-17-35(18-10-31)45-27-3-23-41)32-11-19-36(20-12-32)46-28-4-24-42/h5-20H,1-4,21-28H2. The average Bonchev–Trinajstić information content (AvgIpc) is 3.09. The van der Waals surface area contributed by atoms with E-state index < -0.39 is 0 Å². The van der Waals surface area contributed by atoms with Crippen molar-refractivity contribution in [3.63, 3.8) is 0 Å². The molecule has 0 radical (unpaired) electrons. The third-order valence-electron chi connectivity index (χ3n) is 7.01. The summed E-state index contributed by atoms with van der Waals surface area (Å²) in [5, 5.41) is 0. The molecule has 0 aromatic heterocycles. The molecule has 0 aliphatic heterocycles. The van der Waals surface area contributed by atoms with Crippen LogP contribution in [0, 0.1) is 0 Å². The molecule has 0 aliphatic rings. The van der Waals surface area contributed by atoms with Gasteiger partial charge in [-0.2, -0.15) is 0 Å². The first-order chi connectivity index (χ1) is 22.7. The van der Waals surface area contributed by atoms with E-state index in [4.69, 9.17) is 65.4 Å². The second kappa shape index (κ2) is 20.3. The minimum absolute atomic E-state index is 0.562. The van der Waals surface area contributed by atoms with Crippen LogP contribution in [0.4, 0.5) is 0 Å². The Hall–Kier alpha value is -3.02. The van der Waals surface area contributed by atoms with Gasteiger partial charge in [-0.3, -0.25) is 0 Å². The molecule has 0 amide bonds. The Morgan fingerprint density at radius 1 is 0.326 bits per heavy atom. The molecule has 46 heavy (non-hydrogen) atoms. The lowest BCUT2D eigenvalue weighted by Gasteiger charge is -2.19. The van der Waals surface area contributed by atoms with E-state index in [-0.39, 0.29) is 0 Å². The zero-order valence-corrected chi connectivity index (χ0v) is 28.9. The highest BCUT2D eigenvalue weighted by molar-refractivity contribution is 6.18. The molecule has 0 aliphatic carbocycles. The first-order valence-electron chi connectivity index (χ1n) is 15.6. The number of benzene rings is 4. The van der Waals surface area contributed by atoms with Crippen LogP contribution in [0.15, 0.2) is 97.1 Å². The molecule has 0 fully saturated rings. The SMILES string of the molecule is ClCCCOc1ccc(C(=C(c2ccc(OCCCCl)cc2)c2ccc(OCCCCl)cc2)c2ccc(OCCCCl)cc2)cc1. The van der Waals surface area contributed by atoms with Crippen molar-refractivity contribution in [3.05, 3.63) is 119 Å². The fraction of sp³-hybridized carbons (Fsp3) is 0.316. The van der Waals surface area contributed by atoms with Crippen molar-refractivity contribution in [2.45, 2.75) is 25.7 Å². The van der Waals surface area contributed by atoms with Gasteiger partial charge in [0.05, 0.1) is 26.4 Å². The van der Waals surface area contributed by atoms with E-state index in [0.29, 0.717) is 49.9 Å². The molecule has 0 N–H and O–H groups in total. The molecule has 244 valence electrons. The summed E-state index contributed by atoms with van der Waals surface area (Å²) in [6.45, 7) is 2.28. The molecular formula is C38H40Cl4O4. The van der Waals surface area contributed by atoms with E-state index in [0.717, 1.165) is 82.1 Å². The third-order valence-corrected chi connectivity index (χ3v) is 8.08. The van der Waals surface area contributed by atoms with Crippen molar-refractivity contribution >= 4 is 57.5 Å². The molecule has 8 heteroatoms. The van der Waals surface area contributed by atoms with Gasteiger partial charge < -0.3 is 18.9 Å². The summed E-state index contributed by atoms with van der Waals surface area (Å²) >= 11 is 23.4. The minimum Gasteiger partial charge on any atom is -0.494 e. The number of halogens is 4. The van der Waals surface area contributed by atoms with E-state index in [1.807, 2.05) is 48.5 Å². The monoisotopic (exact) mass is 700 g/mol. The predicted octanol–water partition coefficient (Wildman–Crippen LogP) is 10.7. The smallest absolute Gasteiger partial charge is 0.119 e. The summed E-state index contributed by atoms with van der Waals surface area (Å²) in [5.41, 5.74) is 6.29. The fourth-order valence-electron chi connectivity index (χ4n) is 4.76. The van der Waals surface area contributed by atoms with Gasteiger partial charge >= 0.3 is 0 Å². The van der Waals surface area contributed by atoms with Gasteiger partial charge in [0.15, 0.2) is 0 Å². The number of hydrogen-bond donors (Lipinski definition) is 0.